The number of hydrogen-bond acceptors (Lipinski definition) is 1. The molecule has 0 unspecified atom stereocenters. The summed E-state index contributed by atoms with van der Waals surface area (Å²) in [5.74, 6) is -0.914. The van der Waals surface area contributed by atoms with Crippen molar-refractivity contribution in [2.45, 2.75) is 27.2 Å². The maximum absolute atomic E-state index is 9.75. The van der Waals surface area contributed by atoms with Gasteiger partial charge in [-0.05, 0) is 20.3 Å². The molecule has 74 valence electrons. The molecule has 1 N–H and O–H groups in total. The van der Waals surface area contributed by atoms with E-state index in [1.54, 1.807) is 12.2 Å². The van der Waals surface area contributed by atoms with Gasteiger partial charge < -0.3 is 5.11 Å². The molecule has 0 amide bonds. The highest BCUT2D eigenvalue weighted by molar-refractivity contribution is 5.80. The number of carboxylic acids is 1. The number of allylic oxidation sites excluding steroid dienone is 5. The van der Waals surface area contributed by atoms with Crippen LogP contribution in [-0.4, -0.2) is 11.1 Å². The maximum atomic E-state index is 9.75. The van der Waals surface area contributed by atoms with Gasteiger partial charge in [0.1, 0.15) is 0 Å². The molecule has 2 heteroatoms. The minimum Gasteiger partial charge on any atom is -0.478 e. The maximum Gasteiger partial charge on any atom is 0.328 e. The van der Waals surface area contributed by atoms with Gasteiger partial charge in [0.05, 0.1) is 0 Å². The van der Waals surface area contributed by atoms with Gasteiger partial charge in [0.25, 0.3) is 0 Å². The second kappa shape index (κ2) is 13.3. The zero-order valence-electron chi connectivity index (χ0n) is 8.53. The smallest absolute Gasteiger partial charge is 0.328 e. The van der Waals surface area contributed by atoms with Gasteiger partial charge in [-0.25, -0.2) is 4.79 Å². The Kier molecular flexibility index (Phi) is 14.5. The van der Waals surface area contributed by atoms with E-state index in [2.05, 4.69) is 19.1 Å². The second-order valence-electron chi connectivity index (χ2n) is 2.20. The number of carboxylic acid groups (broad SMARTS) is 1. The lowest BCUT2D eigenvalue weighted by atomic mass is 10.4. The second-order valence-corrected chi connectivity index (χ2v) is 2.20. The molecular weight excluding hydrogens is 164 g/mol. The van der Waals surface area contributed by atoms with E-state index in [9.17, 15) is 4.79 Å². The van der Waals surface area contributed by atoms with Crippen molar-refractivity contribution >= 4 is 5.97 Å². The summed E-state index contributed by atoms with van der Waals surface area (Å²) in [5, 5.41) is 8.02. The van der Waals surface area contributed by atoms with Gasteiger partial charge in [-0.2, -0.15) is 0 Å². The van der Waals surface area contributed by atoms with Gasteiger partial charge in [-0.1, -0.05) is 37.3 Å². The molecule has 0 radical (unpaired) electrons. The van der Waals surface area contributed by atoms with Crippen molar-refractivity contribution in [3.63, 3.8) is 0 Å². The van der Waals surface area contributed by atoms with Crippen LogP contribution in [0.25, 0.3) is 0 Å². The molecule has 0 saturated heterocycles. The van der Waals surface area contributed by atoms with Gasteiger partial charge in [0, 0.05) is 6.08 Å². The summed E-state index contributed by atoms with van der Waals surface area (Å²) in [5.41, 5.74) is 0. The quantitative estimate of drug-likeness (QED) is 0.413. The third-order valence-electron chi connectivity index (χ3n) is 1.01. The Morgan fingerprint density at radius 3 is 2.08 bits per heavy atom. The highest BCUT2D eigenvalue weighted by atomic mass is 16.4. The first kappa shape index (κ1) is 14.2. The molecule has 0 heterocycles. The van der Waals surface area contributed by atoms with Crippen LogP contribution in [-0.2, 0) is 4.79 Å². The van der Waals surface area contributed by atoms with Gasteiger partial charge in [0.2, 0.25) is 0 Å². The molecule has 0 aliphatic heterocycles. The predicted molar refractivity (Wildman–Crippen MR) is 56.7 cm³/mol. The highest BCUT2D eigenvalue weighted by Crippen LogP contribution is 1.74. The van der Waals surface area contributed by atoms with Crippen LogP contribution >= 0.6 is 0 Å². The van der Waals surface area contributed by atoms with Gasteiger partial charge in [-0.3, -0.25) is 0 Å². The lowest BCUT2D eigenvalue weighted by molar-refractivity contribution is -0.131. The van der Waals surface area contributed by atoms with Crippen molar-refractivity contribution in [3.05, 3.63) is 36.5 Å². The molecule has 0 saturated carbocycles. The van der Waals surface area contributed by atoms with Crippen molar-refractivity contribution in [1.29, 1.82) is 0 Å². The molecule has 2 nitrogen and oxygen atoms in total. The third kappa shape index (κ3) is 24.9. The van der Waals surface area contributed by atoms with Crippen LogP contribution in [0, 0.1) is 0 Å². The Bertz CT molecular complexity index is 188. The lowest BCUT2D eigenvalue weighted by Gasteiger charge is -1.72. The van der Waals surface area contributed by atoms with Crippen molar-refractivity contribution in [2.75, 3.05) is 0 Å². The monoisotopic (exact) mass is 182 g/mol. The number of hydrogen-bond donors (Lipinski definition) is 1. The predicted octanol–water partition coefficient (Wildman–Crippen LogP) is 3.18. The summed E-state index contributed by atoms with van der Waals surface area (Å²) in [6.45, 7) is 5.98. The van der Waals surface area contributed by atoms with E-state index in [-0.39, 0.29) is 0 Å². The molecule has 0 fully saturated rings. The average molecular weight is 182 g/mol. The zero-order chi connectivity index (χ0) is 10.5. The SMILES string of the molecule is C/C=C/C=C/C(=O)O.CC=CCC. The number of carbonyl (C=O) groups is 1. The fourth-order valence-corrected chi connectivity index (χ4v) is 0.485. The molecule has 0 aliphatic carbocycles. The first-order chi connectivity index (χ1) is 6.18. The molecule has 0 aliphatic rings. The van der Waals surface area contributed by atoms with E-state index in [0.717, 1.165) is 12.5 Å². The van der Waals surface area contributed by atoms with Crippen LogP contribution < -0.4 is 0 Å². The molecule has 0 aromatic heterocycles. The van der Waals surface area contributed by atoms with Gasteiger partial charge in [-0.15, -0.1) is 0 Å². The largest absolute Gasteiger partial charge is 0.478 e. The summed E-state index contributed by atoms with van der Waals surface area (Å²) in [7, 11) is 0. The molecule has 13 heavy (non-hydrogen) atoms. The fraction of sp³-hybridized carbons (Fsp3) is 0.364. The van der Waals surface area contributed by atoms with Crippen LogP contribution in [0.5, 0.6) is 0 Å². The van der Waals surface area contributed by atoms with Crippen LogP contribution in [0.3, 0.4) is 0 Å². The first-order valence-electron chi connectivity index (χ1n) is 4.32. The average Bonchev–Trinajstić information content (AvgIpc) is 2.07. The molecular formula is C11H18O2. The summed E-state index contributed by atoms with van der Waals surface area (Å²) in [6.07, 6.45) is 11.3. The minimum absolute atomic E-state index is 0.914. The summed E-state index contributed by atoms with van der Waals surface area (Å²) < 4.78 is 0. The summed E-state index contributed by atoms with van der Waals surface area (Å²) in [4.78, 5) is 9.75. The van der Waals surface area contributed by atoms with Gasteiger partial charge >= 0.3 is 5.97 Å². The van der Waals surface area contributed by atoms with Crippen molar-refractivity contribution in [1.82, 2.24) is 0 Å². The molecule has 0 bridgehead atoms. The van der Waals surface area contributed by atoms with E-state index < -0.39 is 5.97 Å². The lowest BCUT2D eigenvalue weighted by Crippen LogP contribution is -1.83. The van der Waals surface area contributed by atoms with E-state index in [1.807, 2.05) is 13.8 Å². The molecule has 0 rings (SSSR count). The van der Waals surface area contributed by atoms with E-state index in [1.165, 1.54) is 6.08 Å². The van der Waals surface area contributed by atoms with Crippen molar-refractivity contribution < 1.29 is 9.90 Å². The van der Waals surface area contributed by atoms with Crippen LogP contribution in [0.1, 0.15) is 27.2 Å². The Morgan fingerprint density at radius 1 is 1.23 bits per heavy atom. The molecule has 0 aromatic rings. The van der Waals surface area contributed by atoms with Gasteiger partial charge in [0.15, 0.2) is 0 Å². The van der Waals surface area contributed by atoms with Crippen molar-refractivity contribution in [3.8, 4) is 0 Å². The number of aliphatic carboxylic acids is 1. The minimum atomic E-state index is -0.914. The van der Waals surface area contributed by atoms with Crippen LogP contribution in [0.4, 0.5) is 0 Å². The summed E-state index contributed by atoms with van der Waals surface area (Å²) in [6, 6.07) is 0. The normalized spacial score (nSPS) is 10.7. The van der Waals surface area contributed by atoms with E-state index in [0.29, 0.717) is 0 Å². The Hall–Kier alpha value is -1.31. The van der Waals surface area contributed by atoms with Crippen LogP contribution in [0.15, 0.2) is 36.5 Å². The number of rotatable bonds is 3. The molecule has 0 aromatic carbocycles. The topological polar surface area (TPSA) is 37.3 Å². The third-order valence-corrected chi connectivity index (χ3v) is 1.01. The standard InChI is InChI=1S/C6H8O2.C5H10/c1-2-3-4-5-6(7)8;1-3-5-4-2/h2-5H,1H3,(H,7,8);3,5H,4H2,1-2H3/b3-2+,5-4+;. The fourth-order valence-electron chi connectivity index (χ4n) is 0.485. The van der Waals surface area contributed by atoms with Crippen molar-refractivity contribution in [2.24, 2.45) is 0 Å². The Balaban J connectivity index is 0. The summed E-state index contributed by atoms with van der Waals surface area (Å²) >= 11 is 0. The van der Waals surface area contributed by atoms with E-state index in [4.69, 9.17) is 5.11 Å². The van der Waals surface area contributed by atoms with Crippen LogP contribution in [0.2, 0.25) is 0 Å². The van der Waals surface area contributed by atoms with E-state index >= 15 is 0 Å². The Labute approximate surface area is 80.3 Å². The Morgan fingerprint density at radius 2 is 1.85 bits per heavy atom. The first-order valence-corrected chi connectivity index (χ1v) is 4.32. The zero-order valence-corrected chi connectivity index (χ0v) is 8.53. The molecule has 0 spiro atoms. The molecule has 0 atom stereocenters. The highest BCUT2D eigenvalue weighted by Gasteiger charge is 1.78.